The van der Waals surface area contributed by atoms with Gasteiger partial charge in [-0.3, -0.25) is 0 Å². The molecule has 1 unspecified atom stereocenters. The highest BCUT2D eigenvalue weighted by molar-refractivity contribution is 14.1. The molecule has 1 aliphatic heterocycles. The van der Waals surface area contributed by atoms with Crippen LogP contribution in [0, 0.1) is 0 Å². The fourth-order valence-electron chi connectivity index (χ4n) is 1.44. The molecule has 60 valence electrons. The van der Waals surface area contributed by atoms with E-state index in [2.05, 4.69) is 48.4 Å². The summed E-state index contributed by atoms with van der Waals surface area (Å²) in [6.45, 7) is 5.93. The minimum Gasteiger partial charge on any atom is -0.301 e. The normalized spacial score (nSPS) is 34.2. The van der Waals surface area contributed by atoms with Crippen LogP contribution in [-0.2, 0) is 0 Å². The Kier molecular flexibility index (Phi) is 2.61. The first-order chi connectivity index (χ1) is 4.52. The molecule has 0 bridgehead atoms. The first kappa shape index (κ1) is 8.78. The molecule has 0 radical (unpaired) electrons. The van der Waals surface area contributed by atoms with E-state index in [9.17, 15) is 0 Å². The van der Waals surface area contributed by atoms with Crippen molar-refractivity contribution in [2.24, 2.45) is 0 Å². The Bertz CT molecular complexity index is 122. The van der Waals surface area contributed by atoms with Crippen molar-refractivity contribution in [2.45, 2.75) is 36.2 Å². The number of nitrogens with zero attached hydrogens (tertiary/aromatic N) is 1. The molecule has 0 saturated carbocycles. The summed E-state index contributed by atoms with van der Waals surface area (Å²) in [5, 5.41) is 0. The van der Waals surface area contributed by atoms with Gasteiger partial charge in [0.25, 0.3) is 0 Å². The molecule has 1 aliphatic rings. The monoisotopic (exact) mass is 253 g/mol. The Hall–Kier alpha value is 0.690. The highest BCUT2D eigenvalue weighted by Crippen LogP contribution is 2.29. The first-order valence-electron chi connectivity index (χ1n) is 3.88. The summed E-state index contributed by atoms with van der Waals surface area (Å²) in [6.07, 6.45) is 2.70. The van der Waals surface area contributed by atoms with E-state index in [0.29, 0.717) is 5.54 Å². The predicted molar refractivity (Wildman–Crippen MR) is 53.8 cm³/mol. The van der Waals surface area contributed by atoms with Crippen LogP contribution in [0.4, 0.5) is 0 Å². The molecule has 2 heteroatoms. The van der Waals surface area contributed by atoms with Crippen molar-refractivity contribution in [1.29, 1.82) is 0 Å². The van der Waals surface area contributed by atoms with Gasteiger partial charge in [0.1, 0.15) is 0 Å². The summed E-state index contributed by atoms with van der Waals surface area (Å²) >= 11 is 2.57. The molecule has 1 nitrogen and oxygen atoms in total. The van der Waals surface area contributed by atoms with E-state index in [4.69, 9.17) is 0 Å². The number of halogens is 1. The molecule has 1 fully saturated rings. The number of hydrogen-bond donors (Lipinski definition) is 0. The smallest absolute Gasteiger partial charge is 0.0160 e. The van der Waals surface area contributed by atoms with Crippen LogP contribution in [0.2, 0.25) is 0 Å². The predicted octanol–water partition coefficient (Wildman–Crippen LogP) is 2.29. The van der Waals surface area contributed by atoms with Crippen molar-refractivity contribution in [3.63, 3.8) is 0 Å². The number of piperidine rings is 1. The fourth-order valence-corrected chi connectivity index (χ4v) is 2.79. The van der Waals surface area contributed by atoms with Crippen LogP contribution in [0.3, 0.4) is 0 Å². The zero-order chi connectivity index (χ0) is 7.78. The highest BCUT2D eigenvalue weighted by Gasteiger charge is 2.30. The lowest BCUT2D eigenvalue weighted by Crippen LogP contribution is -2.47. The van der Waals surface area contributed by atoms with Gasteiger partial charge in [-0.2, -0.15) is 0 Å². The van der Waals surface area contributed by atoms with Gasteiger partial charge in [-0.25, -0.2) is 0 Å². The molecule has 10 heavy (non-hydrogen) atoms. The van der Waals surface area contributed by atoms with Crippen molar-refractivity contribution in [2.75, 3.05) is 13.6 Å². The van der Waals surface area contributed by atoms with E-state index in [-0.39, 0.29) is 0 Å². The van der Waals surface area contributed by atoms with Crippen LogP contribution in [0.1, 0.15) is 26.7 Å². The average molecular weight is 253 g/mol. The van der Waals surface area contributed by atoms with E-state index in [1.165, 1.54) is 19.4 Å². The summed E-state index contributed by atoms with van der Waals surface area (Å²) in [5.74, 6) is 0. The third-order valence-electron chi connectivity index (χ3n) is 2.53. The lowest BCUT2D eigenvalue weighted by atomic mass is 9.91. The summed E-state index contributed by atoms with van der Waals surface area (Å²) in [6, 6.07) is 0. The van der Waals surface area contributed by atoms with E-state index < -0.39 is 0 Å². The molecule has 0 aromatic rings. The number of hydrogen-bond acceptors (Lipinski definition) is 1. The van der Waals surface area contributed by atoms with Gasteiger partial charge in [-0.15, -0.1) is 0 Å². The van der Waals surface area contributed by atoms with Crippen molar-refractivity contribution in [3.8, 4) is 0 Å². The topological polar surface area (TPSA) is 3.24 Å². The average Bonchev–Trinajstić information content (AvgIpc) is 1.78. The summed E-state index contributed by atoms with van der Waals surface area (Å²) in [7, 11) is 2.22. The Morgan fingerprint density at radius 1 is 1.50 bits per heavy atom. The minimum absolute atomic E-state index is 0.435. The van der Waals surface area contributed by atoms with Gasteiger partial charge >= 0.3 is 0 Å². The number of alkyl halides is 1. The third kappa shape index (κ3) is 1.84. The van der Waals surface area contributed by atoms with Crippen molar-refractivity contribution < 1.29 is 0 Å². The molecule has 0 aliphatic carbocycles. The van der Waals surface area contributed by atoms with Crippen LogP contribution in [0.25, 0.3) is 0 Å². The summed E-state index contributed by atoms with van der Waals surface area (Å²) < 4.78 is 0.892. The quantitative estimate of drug-likeness (QED) is 0.473. The fraction of sp³-hybridized carbons (Fsp3) is 1.00. The maximum absolute atomic E-state index is 2.57. The molecular formula is C8H16IN. The second kappa shape index (κ2) is 2.97. The van der Waals surface area contributed by atoms with Gasteiger partial charge in [-0.1, -0.05) is 22.6 Å². The summed E-state index contributed by atoms with van der Waals surface area (Å²) in [4.78, 5) is 2.46. The minimum atomic E-state index is 0.435. The van der Waals surface area contributed by atoms with Crippen LogP contribution in [-0.4, -0.2) is 28.0 Å². The Morgan fingerprint density at radius 2 is 2.10 bits per heavy atom. The van der Waals surface area contributed by atoms with Gasteiger partial charge in [0, 0.05) is 9.46 Å². The Balaban J connectivity index is 2.55. The van der Waals surface area contributed by atoms with Crippen molar-refractivity contribution >= 4 is 22.6 Å². The molecule has 0 aromatic carbocycles. The van der Waals surface area contributed by atoms with Gasteiger partial charge in [0.15, 0.2) is 0 Å². The third-order valence-corrected chi connectivity index (χ3v) is 3.60. The molecule has 1 rings (SSSR count). The zero-order valence-corrected chi connectivity index (χ0v) is 9.18. The molecule has 1 saturated heterocycles. The largest absolute Gasteiger partial charge is 0.301 e. The molecule has 1 atom stereocenters. The van der Waals surface area contributed by atoms with Crippen LogP contribution in [0.15, 0.2) is 0 Å². The van der Waals surface area contributed by atoms with E-state index in [0.717, 1.165) is 3.92 Å². The number of rotatable bonds is 0. The van der Waals surface area contributed by atoms with Crippen molar-refractivity contribution in [3.05, 3.63) is 0 Å². The second-order valence-electron chi connectivity index (χ2n) is 3.82. The van der Waals surface area contributed by atoms with E-state index >= 15 is 0 Å². The molecule has 0 amide bonds. The molecule has 1 heterocycles. The maximum Gasteiger partial charge on any atom is 0.0160 e. The molecule has 0 aromatic heterocycles. The number of likely N-dealkylation sites (tertiary alicyclic amines) is 1. The van der Waals surface area contributed by atoms with Crippen LogP contribution in [0.5, 0.6) is 0 Å². The molecule has 0 N–H and O–H groups in total. The zero-order valence-electron chi connectivity index (χ0n) is 7.02. The second-order valence-corrected chi connectivity index (χ2v) is 5.59. The van der Waals surface area contributed by atoms with E-state index in [1.807, 2.05) is 0 Å². The van der Waals surface area contributed by atoms with Crippen molar-refractivity contribution in [1.82, 2.24) is 4.90 Å². The first-order valence-corrected chi connectivity index (χ1v) is 5.12. The SMILES string of the molecule is CN1CCC(I)CC1(C)C. The summed E-state index contributed by atoms with van der Waals surface area (Å²) in [5.41, 5.74) is 0.435. The van der Waals surface area contributed by atoms with Gasteiger partial charge in [0.2, 0.25) is 0 Å². The molecule has 0 spiro atoms. The standard InChI is InChI=1S/C8H16IN/c1-8(2)6-7(9)4-5-10(8)3/h7H,4-6H2,1-3H3. The van der Waals surface area contributed by atoms with Gasteiger partial charge < -0.3 is 4.90 Å². The van der Waals surface area contributed by atoms with E-state index in [1.54, 1.807) is 0 Å². The highest BCUT2D eigenvalue weighted by atomic mass is 127. The lowest BCUT2D eigenvalue weighted by Gasteiger charge is -2.42. The molecular weight excluding hydrogens is 237 g/mol. The van der Waals surface area contributed by atoms with Gasteiger partial charge in [-0.05, 0) is 40.3 Å². The van der Waals surface area contributed by atoms with Crippen LogP contribution < -0.4 is 0 Å². The maximum atomic E-state index is 2.57. The lowest BCUT2D eigenvalue weighted by molar-refractivity contribution is 0.114. The Labute approximate surface area is 77.3 Å². The van der Waals surface area contributed by atoms with Gasteiger partial charge in [0.05, 0.1) is 0 Å². The van der Waals surface area contributed by atoms with Crippen LogP contribution >= 0.6 is 22.6 Å². The Morgan fingerprint density at radius 3 is 2.50 bits per heavy atom.